The standard InChI is InChI=1S/C19H26F3N3O3S/c1-15-5-6-16(29(27,28)25-7-3-2-4-8-25)13-17(15)18(26)24-11-9-23(10-12-24)14-19(20,21)22/h5-6,13H,2-4,7-12,14H2,1H3. The van der Waals surface area contributed by atoms with Gasteiger partial charge in [-0.25, -0.2) is 8.42 Å². The van der Waals surface area contributed by atoms with E-state index in [0.29, 0.717) is 18.7 Å². The SMILES string of the molecule is Cc1ccc(S(=O)(=O)N2CCCCC2)cc1C(=O)N1CCN(CC(F)(F)F)CC1. The Kier molecular flexibility index (Phi) is 6.54. The van der Waals surface area contributed by atoms with Crippen LogP contribution in [0.3, 0.4) is 0 Å². The van der Waals surface area contributed by atoms with Crippen LogP contribution in [0.15, 0.2) is 23.1 Å². The number of nitrogens with zero attached hydrogens (tertiary/aromatic N) is 3. The molecule has 2 aliphatic heterocycles. The quantitative estimate of drug-likeness (QED) is 0.732. The number of carbonyl (C=O) groups is 1. The fraction of sp³-hybridized carbons (Fsp3) is 0.632. The minimum absolute atomic E-state index is 0.0871. The van der Waals surface area contributed by atoms with Gasteiger partial charge < -0.3 is 4.90 Å². The number of aryl methyl sites for hydroxylation is 1. The molecule has 0 unspecified atom stereocenters. The molecule has 1 aromatic rings. The molecule has 0 N–H and O–H groups in total. The number of rotatable bonds is 4. The highest BCUT2D eigenvalue weighted by Crippen LogP contribution is 2.24. The number of halogens is 3. The maximum atomic E-state index is 12.9. The van der Waals surface area contributed by atoms with Crippen molar-refractivity contribution in [2.75, 3.05) is 45.8 Å². The number of piperazine rings is 1. The topological polar surface area (TPSA) is 60.9 Å². The summed E-state index contributed by atoms with van der Waals surface area (Å²) in [5.74, 6) is -0.343. The van der Waals surface area contributed by atoms with E-state index in [2.05, 4.69) is 0 Å². The van der Waals surface area contributed by atoms with E-state index in [-0.39, 0.29) is 42.5 Å². The van der Waals surface area contributed by atoms with Crippen molar-refractivity contribution in [2.24, 2.45) is 0 Å². The van der Waals surface area contributed by atoms with Gasteiger partial charge in [0.2, 0.25) is 10.0 Å². The molecule has 0 spiro atoms. The first-order chi connectivity index (χ1) is 13.6. The molecule has 1 aromatic carbocycles. The lowest BCUT2D eigenvalue weighted by molar-refractivity contribution is -0.148. The zero-order valence-corrected chi connectivity index (χ0v) is 17.2. The summed E-state index contributed by atoms with van der Waals surface area (Å²) in [6.45, 7) is 2.31. The molecule has 6 nitrogen and oxygen atoms in total. The summed E-state index contributed by atoms with van der Waals surface area (Å²) in [6.07, 6.45) is -1.62. The molecular weight excluding hydrogens is 407 g/mol. The molecule has 0 saturated carbocycles. The molecule has 0 bridgehead atoms. The summed E-state index contributed by atoms with van der Waals surface area (Å²) < 4.78 is 64.9. The third-order valence-electron chi connectivity index (χ3n) is 5.45. The summed E-state index contributed by atoms with van der Waals surface area (Å²) >= 11 is 0. The van der Waals surface area contributed by atoms with Gasteiger partial charge in [0, 0.05) is 44.8 Å². The number of benzene rings is 1. The summed E-state index contributed by atoms with van der Waals surface area (Å²) in [4.78, 5) is 15.8. The van der Waals surface area contributed by atoms with Crippen LogP contribution in [0.1, 0.15) is 35.2 Å². The summed E-state index contributed by atoms with van der Waals surface area (Å²) in [5, 5.41) is 0. The van der Waals surface area contributed by atoms with Crippen molar-refractivity contribution in [1.29, 1.82) is 0 Å². The molecule has 1 amide bonds. The zero-order valence-electron chi connectivity index (χ0n) is 16.4. The van der Waals surface area contributed by atoms with Gasteiger partial charge in [0.15, 0.2) is 0 Å². The zero-order chi connectivity index (χ0) is 21.2. The molecule has 10 heteroatoms. The van der Waals surface area contributed by atoms with Crippen LogP contribution < -0.4 is 0 Å². The lowest BCUT2D eigenvalue weighted by Crippen LogP contribution is -2.51. The number of carbonyl (C=O) groups excluding carboxylic acids is 1. The van der Waals surface area contributed by atoms with Gasteiger partial charge in [-0.2, -0.15) is 17.5 Å². The van der Waals surface area contributed by atoms with Crippen LogP contribution in [-0.4, -0.2) is 80.4 Å². The smallest absolute Gasteiger partial charge is 0.336 e. The molecule has 0 atom stereocenters. The minimum atomic E-state index is -4.26. The van der Waals surface area contributed by atoms with E-state index >= 15 is 0 Å². The molecule has 0 aromatic heterocycles. The van der Waals surface area contributed by atoms with E-state index in [1.165, 1.54) is 26.2 Å². The highest BCUT2D eigenvalue weighted by Gasteiger charge is 2.33. The van der Waals surface area contributed by atoms with Crippen LogP contribution in [0, 0.1) is 6.92 Å². The second-order valence-corrected chi connectivity index (χ2v) is 9.56. The number of alkyl halides is 3. The van der Waals surface area contributed by atoms with Gasteiger partial charge in [0.05, 0.1) is 11.4 Å². The maximum Gasteiger partial charge on any atom is 0.401 e. The first kappa shape index (κ1) is 22.0. The Morgan fingerprint density at radius 3 is 2.21 bits per heavy atom. The van der Waals surface area contributed by atoms with Gasteiger partial charge in [0.1, 0.15) is 0 Å². The molecule has 162 valence electrons. The van der Waals surface area contributed by atoms with Crippen LogP contribution in [0.5, 0.6) is 0 Å². The molecule has 3 rings (SSSR count). The molecule has 0 aliphatic carbocycles. The Morgan fingerprint density at radius 2 is 1.62 bits per heavy atom. The summed E-state index contributed by atoms with van der Waals surface area (Å²) in [7, 11) is -3.67. The molecule has 2 saturated heterocycles. The lowest BCUT2D eigenvalue weighted by Gasteiger charge is -2.35. The van der Waals surface area contributed by atoms with E-state index in [4.69, 9.17) is 0 Å². The van der Waals surface area contributed by atoms with Crippen molar-refractivity contribution in [2.45, 2.75) is 37.3 Å². The van der Waals surface area contributed by atoms with Crippen molar-refractivity contribution in [1.82, 2.24) is 14.1 Å². The second kappa shape index (κ2) is 8.61. The Bertz CT molecular complexity index is 844. The molecule has 2 aliphatic rings. The molecular formula is C19H26F3N3O3S. The maximum absolute atomic E-state index is 12.9. The monoisotopic (exact) mass is 433 g/mol. The Morgan fingerprint density at radius 1 is 1.00 bits per heavy atom. The molecule has 2 fully saturated rings. The van der Waals surface area contributed by atoms with E-state index < -0.39 is 22.7 Å². The van der Waals surface area contributed by atoms with E-state index in [0.717, 1.165) is 19.3 Å². The predicted octanol–water partition coefficient (Wildman–Crippen LogP) is 2.49. The highest BCUT2D eigenvalue weighted by molar-refractivity contribution is 7.89. The Balaban J connectivity index is 1.74. The van der Waals surface area contributed by atoms with E-state index in [1.54, 1.807) is 13.0 Å². The first-order valence-electron chi connectivity index (χ1n) is 9.77. The average Bonchev–Trinajstić information content (AvgIpc) is 2.68. The molecule has 29 heavy (non-hydrogen) atoms. The van der Waals surface area contributed by atoms with Crippen LogP contribution in [0.25, 0.3) is 0 Å². The van der Waals surface area contributed by atoms with Crippen molar-refractivity contribution in [3.8, 4) is 0 Å². The third-order valence-corrected chi connectivity index (χ3v) is 7.35. The largest absolute Gasteiger partial charge is 0.401 e. The summed E-state index contributed by atoms with van der Waals surface area (Å²) in [6, 6.07) is 4.53. The van der Waals surface area contributed by atoms with Crippen LogP contribution in [0.2, 0.25) is 0 Å². The van der Waals surface area contributed by atoms with E-state index in [1.807, 2.05) is 0 Å². The number of hydrogen-bond acceptors (Lipinski definition) is 4. The number of piperidine rings is 1. The van der Waals surface area contributed by atoms with Gasteiger partial charge in [-0.05, 0) is 37.5 Å². The fourth-order valence-corrected chi connectivity index (χ4v) is 5.32. The van der Waals surface area contributed by atoms with Crippen LogP contribution in [-0.2, 0) is 10.0 Å². The van der Waals surface area contributed by atoms with Crippen molar-refractivity contribution >= 4 is 15.9 Å². The van der Waals surface area contributed by atoms with Gasteiger partial charge in [-0.3, -0.25) is 9.69 Å². The van der Waals surface area contributed by atoms with Gasteiger partial charge in [-0.1, -0.05) is 12.5 Å². The molecule has 0 radical (unpaired) electrons. The normalized spacial score (nSPS) is 20.1. The minimum Gasteiger partial charge on any atom is -0.336 e. The average molecular weight is 433 g/mol. The number of amides is 1. The van der Waals surface area contributed by atoms with Gasteiger partial charge in [0.25, 0.3) is 5.91 Å². The van der Waals surface area contributed by atoms with Crippen molar-refractivity contribution < 1.29 is 26.4 Å². The van der Waals surface area contributed by atoms with E-state index in [9.17, 15) is 26.4 Å². The Labute approximate surface area is 169 Å². The Hall–Kier alpha value is -1.65. The third kappa shape index (κ3) is 5.29. The number of hydrogen-bond donors (Lipinski definition) is 0. The van der Waals surface area contributed by atoms with Crippen LogP contribution >= 0.6 is 0 Å². The predicted molar refractivity (Wildman–Crippen MR) is 102 cm³/mol. The lowest BCUT2D eigenvalue weighted by atomic mass is 10.1. The fourth-order valence-electron chi connectivity index (χ4n) is 3.78. The summed E-state index contributed by atoms with van der Waals surface area (Å²) in [5.41, 5.74) is 0.928. The van der Waals surface area contributed by atoms with Gasteiger partial charge in [-0.15, -0.1) is 0 Å². The number of sulfonamides is 1. The first-order valence-corrected chi connectivity index (χ1v) is 11.2. The van der Waals surface area contributed by atoms with Crippen molar-refractivity contribution in [3.05, 3.63) is 29.3 Å². The van der Waals surface area contributed by atoms with Gasteiger partial charge >= 0.3 is 6.18 Å². The molecule has 2 heterocycles. The van der Waals surface area contributed by atoms with Crippen molar-refractivity contribution in [3.63, 3.8) is 0 Å². The highest BCUT2D eigenvalue weighted by atomic mass is 32.2. The second-order valence-electron chi connectivity index (χ2n) is 7.62. The van der Waals surface area contributed by atoms with Crippen LogP contribution in [0.4, 0.5) is 13.2 Å².